The molecule has 0 aromatic carbocycles. The Morgan fingerprint density at radius 2 is 2.06 bits per heavy atom. The van der Waals surface area contributed by atoms with E-state index in [1.165, 1.54) is 6.07 Å². The van der Waals surface area contributed by atoms with E-state index in [4.69, 9.17) is 34.8 Å². The van der Waals surface area contributed by atoms with Crippen molar-refractivity contribution in [2.45, 2.75) is 0 Å². The third-order valence-corrected chi connectivity index (χ3v) is 2.83. The minimum absolute atomic E-state index is 0.218. The average molecular weight is 291 g/mol. The van der Waals surface area contributed by atoms with Crippen LogP contribution < -0.4 is 5.32 Å². The molecule has 17 heavy (non-hydrogen) atoms. The van der Waals surface area contributed by atoms with Crippen molar-refractivity contribution in [1.82, 2.24) is 9.97 Å². The maximum Gasteiger partial charge on any atom is 0.273 e. The number of amides is 1. The summed E-state index contributed by atoms with van der Waals surface area (Å²) in [5, 5.41) is 3.36. The third-order valence-electron chi connectivity index (χ3n) is 1.93. The fourth-order valence-electron chi connectivity index (χ4n) is 1.19. The van der Waals surface area contributed by atoms with Gasteiger partial charge in [0.05, 0.1) is 5.02 Å². The quantitative estimate of drug-likeness (QED) is 0.830. The van der Waals surface area contributed by atoms with Crippen LogP contribution in [0.4, 0.5) is 5.82 Å². The number of carbonyl (C=O) groups excluding carboxylic acids is 1. The SMILES string of the molecule is O=C(Nc1cccc(Cl)n1)c1cc(Cl)c(Cl)[nH]1. The van der Waals surface area contributed by atoms with Gasteiger partial charge in [-0.1, -0.05) is 40.9 Å². The lowest BCUT2D eigenvalue weighted by Crippen LogP contribution is -2.13. The maximum atomic E-state index is 11.7. The summed E-state index contributed by atoms with van der Waals surface area (Å²) < 4.78 is 0. The minimum Gasteiger partial charge on any atom is -0.340 e. The standard InChI is InChI=1S/C10H6Cl3N3O/c11-5-4-6(14-9(5)13)10(17)16-8-3-1-2-7(12)15-8/h1-4,14H,(H,15,16,17). The molecule has 0 bridgehead atoms. The van der Waals surface area contributed by atoms with Crippen molar-refractivity contribution >= 4 is 46.5 Å². The summed E-state index contributed by atoms with van der Waals surface area (Å²) >= 11 is 17.1. The van der Waals surface area contributed by atoms with Crippen molar-refractivity contribution in [2.24, 2.45) is 0 Å². The van der Waals surface area contributed by atoms with E-state index in [0.29, 0.717) is 11.0 Å². The molecule has 0 radical (unpaired) electrons. The molecular formula is C10H6Cl3N3O. The van der Waals surface area contributed by atoms with Gasteiger partial charge in [0.1, 0.15) is 21.8 Å². The second-order valence-corrected chi connectivity index (χ2v) is 4.32. The number of hydrogen-bond donors (Lipinski definition) is 2. The summed E-state index contributed by atoms with van der Waals surface area (Å²) in [6, 6.07) is 6.35. The Bertz CT molecular complexity index is 548. The van der Waals surface area contributed by atoms with Crippen LogP contribution in [0.5, 0.6) is 0 Å². The predicted octanol–water partition coefficient (Wildman–Crippen LogP) is 3.62. The molecule has 2 N–H and O–H groups in total. The fraction of sp³-hybridized carbons (Fsp3) is 0. The van der Waals surface area contributed by atoms with Gasteiger partial charge in [0, 0.05) is 0 Å². The molecule has 0 saturated heterocycles. The van der Waals surface area contributed by atoms with Crippen LogP contribution in [-0.2, 0) is 0 Å². The molecule has 0 aliphatic rings. The first-order valence-corrected chi connectivity index (χ1v) is 5.67. The fourth-order valence-corrected chi connectivity index (χ4v) is 1.66. The Morgan fingerprint density at radius 3 is 2.65 bits per heavy atom. The maximum absolute atomic E-state index is 11.7. The van der Waals surface area contributed by atoms with Crippen molar-refractivity contribution in [3.63, 3.8) is 0 Å². The summed E-state index contributed by atoms with van der Waals surface area (Å²) in [4.78, 5) is 18.3. The number of H-pyrrole nitrogens is 1. The average Bonchev–Trinajstić information content (AvgIpc) is 2.59. The molecule has 4 nitrogen and oxygen atoms in total. The van der Waals surface area contributed by atoms with Gasteiger partial charge in [-0.3, -0.25) is 4.79 Å². The molecule has 2 aromatic heterocycles. The summed E-state index contributed by atoms with van der Waals surface area (Å²) in [6.07, 6.45) is 0. The van der Waals surface area contributed by atoms with Crippen molar-refractivity contribution in [1.29, 1.82) is 0 Å². The van der Waals surface area contributed by atoms with Crippen LogP contribution in [0.25, 0.3) is 0 Å². The van der Waals surface area contributed by atoms with Crippen LogP contribution in [0.2, 0.25) is 15.3 Å². The zero-order valence-electron chi connectivity index (χ0n) is 8.30. The van der Waals surface area contributed by atoms with E-state index in [1.807, 2.05) is 0 Å². The van der Waals surface area contributed by atoms with E-state index < -0.39 is 5.91 Å². The topological polar surface area (TPSA) is 57.8 Å². The molecule has 0 spiro atoms. The molecule has 2 rings (SSSR count). The normalized spacial score (nSPS) is 10.3. The Hall–Kier alpha value is -1.23. The molecule has 0 atom stereocenters. The number of anilines is 1. The van der Waals surface area contributed by atoms with E-state index in [0.717, 1.165) is 0 Å². The lowest BCUT2D eigenvalue weighted by Gasteiger charge is -2.02. The largest absolute Gasteiger partial charge is 0.340 e. The summed E-state index contributed by atoms with van der Waals surface area (Å²) in [5.74, 6) is -0.0436. The van der Waals surface area contributed by atoms with Gasteiger partial charge in [0.2, 0.25) is 0 Å². The molecule has 88 valence electrons. The van der Waals surface area contributed by atoms with Gasteiger partial charge in [-0.15, -0.1) is 0 Å². The molecule has 2 heterocycles. The number of carbonyl (C=O) groups is 1. The number of hydrogen-bond acceptors (Lipinski definition) is 2. The number of aromatic amines is 1. The first kappa shape index (κ1) is 12.2. The van der Waals surface area contributed by atoms with Gasteiger partial charge in [0.15, 0.2) is 0 Å². The molecule has 0 unspecified atom stereocenters. The number of nitrogens with zero attached hydrogens (tertiary/aromatic N) is 1. The highest BCUT2D eigenvalue weighted by Crippen LogP contribution is 2.22. The number of aromatic nitrogens is 2. The van der Waals surface area contributed by atoms with E-state index in [-0.39, 0.29) is 15.9 Å². The van der Waals surface area contributed by atoms with E-state index in [9.17, 15) is 4.79 Å². The van der Waals surface area contributed by atoms with Gasteiger partial charge >= 0.3 is 0 Å². The second kappa shape index (κ2) is 4.96. The molecule has 0 fully saturated rings. The number of pyridine rings is 1. The zero-order valence-corrected chi connectivity index (χ0v) is 10.6. The van der Waals surface area contributed by atoms with Crippen LogP contribution in [0.1, 0.15) is 10.5 Å². The summed E-state index contributed by atoms with van der Waals surface area (Å²) in [6.45, 7) is 0. The van der Waals surface area contributed by atoms with Gasteiger partial charge in [-0.25, -0.2) is 4.98 Å². The Morgan fingerprint density at radius 1 is 1.29 bits per heavy atom. The molecular weight excluding hydrogens is 284 g/mol. The molecule has 2 aromatic rings. The minimum atomic E-state index is -0.395. The molecule has 0 saturated carbocycles. The van der Waals surface area contributed by atoms with Crippen molar-refractivity contribution in [2.75, 3.05) is 5.32 Å². The number of nitrogens with one attached hydrogen (secondary N) is 2. The van der Waals surface area contributed by atoms with Crippen molar-refractivity contribution in [3.05, 3.63) is 45.3 Å². The van der Waals surface area contributed by atoms with E-state index in [2.05, 4.69) is 15.3 Å². The Balaban J connectivity index is 2.17. The van der Waals surface area contributed by atoms with Gasteiger partial charge in [-0.2, -0.15) is 0 Å². The van der Waals surface area contributed by atoms with Crippen molar-refractivity contribution in [3.8, 4) is 0 Å². The third kappa shape index (κ3) is 2.91. The zero-order chi connectivity index (χ0) is 12.4. The van der Waals surface area contributed by atoms with Crippen LogP contribution >= 0.6 is 34.8 Å². The van der Waals surface area contributed by atoms with Crippen LogP contribution in [0, 0.1) is 0 Å². The highest BCUT2D eigenvalue weighted by Gasteiger charge is 2.12. The number of rotatable bonds is 2. The van der Waals surface area contributed by atoms with Gasteiger partial charge < -0.3 is 10.3 Å². The highest BCUT2D eigenvalue weighted by atomic mass is 35.5. The van der Waals surface area contributed by atoms with Crippen LogP contribution in [-0.4, -0.2) is 15.9 Å². The lowest BCUT2D eigenvalue weighted by molar-refractivity contribution is 0.102. The number of halogens is 3. The van der Waals surface area contributed by atoms with E-state index >= 15 is 0 Å². The molecule has 1 amide bonds. The van der Waals surface area contributed by atoms with E-state index in [1.54, 1.807) is 18.2 Å². The first-order valence-electron chi connectivity index (χ1n) is 4.54. The van der Waals surface area contributed by atoms with Gasteiger partial charge in [-0.05, 0) is 18.2 Å². The van der Waals surface area contributed by atoms with Crippen molar-refractivity contribution < 1.29 is 4.79 Å². The monoisotopic (exact) mass is 289 g/mol. The highest BCUT2D eigenvalue weighted by molar-refractivity contribution is 6.41. The van der Waals surface area contributed by atoms with Crippen LogP contribution in [0.15, 0.2) is 24.3 Å². The molecule has 7 heteroatoms. The Labute approximate surface area is 112 Å². The van der Waals surface area contributed by atoms with Gasteiger partial charge in [0.25, 0.3) is 5.91 Å². The molecule has 0 aliphatic heterocycles. The predicted molar refractivity (Wildman–Crippen MR) is 68.0 cm³/mol. The lowest BCUT2D eigenvalue weighted by atomic mass is 10.4. The smallest absolute Gasteiger partial charge is 0.273 e. The summed E-state index contributed by atoms with van der Waals surface area (Å²) in [5.41, 5.74) is 0.252. The Kier molecular flexibility index (Phi) is 3.57. The molecule has 0 aliphatic carbocycles. The second-order valence-electron chi connectivity index (χ2n) is 3.14. The first-order chi connectivity index (χ1) is 8.06. The summed E-state index contributed by atoms with van der Waals surface area (Å²) in [7, 11) is 0. The van der Waals surface area contributed by atoms with Crippen LogP contribution in [0.3, 0.4) is 0 Å².